The highest BCUT2D eigenvalue weighted by molar-refractivity contribution is 14.0. The molecule has 2 aliphatic heterocycles. The third-order valence-corrected chi connectivity index (χ3v) is 6.01. The Morgan fingerprint density at radius 2 is 2.29 bits per heavy atom. The van der Waals surface area contributed by atoms with Crippen LogP contribution in [0.5, 0.6) is 0 Å². The minimum atomic E-state index is 0. The fraction of sp³-hybridized carbons (Fsp3) is 0.500. The number of aromatic amines is 1. The van der Waals surface area contributed by atoms with E-state index in [1.807, 2.05) is 25.2 Å². The molecule has 2 fully saturated rings. The number of carbonyl (C=O) groups is 1. The molecule has 1 amide bonds. The summed E-state index contributed by atoms with van der Waals surface area (Å²) < 4.78 is 0. The highest BCUT2D eigenvalue weighted by atomic mass is 127. The van der Waals surface area contributed by atoms with E-state index in [9.17, 15) is 4.79 Å². The zero-order valence-electron chi connectivity index (χ0n) is 16.1. The maximum absolute atomic E-state index is 11.7. The molecule has 0 bridgehead atoms. The van der Waals surface area contributed by atoms with Gasteiger partial charge in [-0.3, -0.25) is 9.79 Å². The summed E-state index contributed by atoms with van der Waals surface area (Å²) in [6.07, 6.45) is 5.78. The van der Waals surface area contributed by atoms with Crippen molar-refractivity contribution in [2.45, 2.75) is 25.7 Å². The van der Waals surface area contributed by atoms with Crippen LogP contribution in [0.1, 0.15) is 24.8 Å². The Morgan fingerprint density at radius 1 is 1.43 bits per heavy atom. The summed E-state index contributed by atoms with van der Waals surface area (Å²) in [6, 6.07) is 5.92. The minimum absolute atomic E-state index is 0. The van der Waals surface area contributed by atoms with Gasteiger partial charge in [-0.1, -0.05) is 11.6 Å². The van der Waals surface area contributed by atoms with Crippen LogP contribution in [-0.4, -0.2) is 55.0 Å². The van der Waals surface area contributed by atoms with Gasteiger partial charge in [0.25, 0.3) is 0 Å². The molecule has 3 heterocycles. The molecule has 8 heteroatoms. The average Bonchev–Trinajstić information content (AvgIpc) is 3.22. The summed E-state index contributed by atoms with van der Waals surface area (Å²) in [4.78, 5) is 21.8. The molecule has 1 spiro atoms. The van der Waals surface area contributed by atoms with Gasteiger partial charge in [0.2, 0.25) is 5.91 Å². The third kappa shape index (κ3) is 4.40. The van der Waals surface area contributed by atoms with E-state index in [0.717, 1.165) is 61.9 Å². The number of aromatic nitrogens is 1. The molecule has 0 aliphatic carbocycles. The van der Waals surface area contributed by atoms with Gasteiger partial charge >= 0.3 is 0 Å². The lowest BCUT2D eigenvalue weighted by molar-refractivity contribution is -0.119. The number of piperidine rings is 1. The van der Waals surface area contributed by atoms with Gasteiger partial charge in [-0.05, 0) is 43.0 Å². The molecular weight excluding hydrogens is 489 g/mol. The number of aliphatic imine (C=N–C) groups is 1. The number of hydrogen-bond donors (Lipinski definition) is 3. The van der Waals surface area contributed by atoms with E-state index >= 15 is 0 Å². The molecule has 1 aromatic carbocycles. The number of fused-ring (bicyclic) bond motifs is 1. The standard InChI is InChI=1S/C20H26ClN5O.HI/c1-22-19(26-8-2-6-20(13-26)10-18(27)25-12-20)23-7-5-14-11-24-17-4-3-15(21)9-16(14)17;/h3-4,9,11,24H,2,5-8,10,12-13H2,1H3,(H,22,23)(H,25,27);1H. The number of hydrogen-bond acceptors (Lipinski definition) is 2. The quantitative estimate of drug-likeness (QED) is 0.334. The molecule has 2 aliphatic rings. The van der Waals surface area contributed by atoms with Crippen LogP contribution in [-0.2, 0) is 11.2 Å². The molecule has 1 aromatic heterocycles. The average molecular weight is 516 g/mol. The Bertz CT molecular complexity index is 883. The van der Waals surface area contributed by atoms with Crippen LogP contribution in [0, 0.1) is 5.41 Å². The van der Waals surface area contributed by atoms with Gasteiger partial charge in [0.15, 0.2) is 5.96 Å². The van der Waals surface area contributed by atoms with E-state index < -0.39 is 0 Å². The predicted molar refractivity (Wildman–Crippen MR) is 125 cm³/mol. The number of amides is 1. The maximum atomic E-state index is 11.7. The molecule has 152 valence electrons. The first-order valence-corrected chi connectivity index (χ1v) is 9.94. The zero-order chi connectivity index (χ0) is 18.9. The van der Waals surface area contributed by atoms with Crippen LogP contribution in [0.25, 0.3) is 10.9 Å². The maximum Gasteiger partial charge on any atom is 0.220 e. The van der Waals surface area contributed by atoms with Crippen molar-refractivity contribution in [3.63, 3.8) is 0 Å². The van der Waals surface area contributed by atoms with Gasteiger partial charge in [0.05, 0.1) is 0 Å². The SMILES string of the molecule is CN=C(NCCc1c[nH]c2ccc(Cl)cc12)N1CCCC2(CNC(=O)C2)C1.I. The van der Waals surface area contributed by atoms with Gasteiger partial charge in [0.1, 0.15) is 0 Å². The molecule has 1 unspecified atom stereocenters. The lowest BCUT2D eigenvalue weighted by Crippen LogP contribution is -2.51. The first-order chi connectivity index (χ1) is 13.1. The van der Waals surface area contributed by atoms with Gasteiger partial charge in [-0.15, -0.1) is 24.0 Å². The number of benzene rings is 1. The van der Waals surface area contributed by atoms with E-state index in [2.05, 4.69) is 31.7 Å². The molecule has 0 saturated carbocycles. The van der Waals surface area contributed by atoms with Gasteiger partial charge < -0.3 is 20.5 Å². The highest BCUT2D eigenvalue weighted by Gasteiger charge is 2.42. The normalized spacial score (nSPS) is 22.4. The Hall–Kier alpha value is -1.48. The molecule has 28 heavy (non-hydrogen) atoms. The number of likely N-dealkylation sites (tertiary alicyclic amines) is 1. The van der Waals surface area contributed by atoms with Crippen molar-refractivity contribution >= 4 is 58.3 Å². The lowest BCUT2D eigenvalue weighted by atomic mass is 9.79. The number of carbonyl (C=O) groups excluding carboxylic acids is 1. The largest absolute Gasteiger partial charge is 0.361 e. The Balaban J connectivity index is 0.00000225. The molecule has 3 N–H and O–H groups in total. The second kappa shape index (κ2) is 8.90. The van der Waals surface area contributed by atoms with Gasteiger partial charge in [-0.2, -0.15) is 0 Å². The summed E-state index contributed by atoms with van der Waals surface area (Å²) in [5, 5.41) is 8.43. The van der Waals surface area contributed by atoms with Crippen molar-refractivity contribution in [2.24, 2.45) is 10.4 Å². The van der Waals surface area contributed by atoms with Crippen LogP contribution in [0.3, 0.4) is 0 Å². The lowest BCUT2D eigenvalue weighted by Gasteiger charge is -2.40. The van der Waals surface area contributed by atoms with Crippen molar-refractivity contribution in [2.75, 3.05) is 33.2 Å². The molecular formula is C20H27ClIN5O. The minimum Gasteiger partial charge on any atom is -0.361 e. The Morgan fingerprint density at radius 3 is 3.04 bits per heavy atom. The molecule has 2 aromatic rings. The number of H-pyrrole nitrogens is 1. The van der Waals surface area contributed by atoms with Crippen LogP contribution >= 0.6 is 35.6 Å². The first kappa shape index (κ1) is 21.2. The third-order valence-electron chi connectivity index (χ3n) is 5.78. The number of halogens is 2. The smallest absolute Gasteiger partial charge is 0.220 e. The topological polar surface area (TPSA) is 72.5 Å². The van der Waals surface area contributed by atoms with Crippen molar-refractivity contribution in [3.05, 3.63) is 35.0 Å². The summed E-state index contributed by atoms with van der Waals surface area (Å²) in [5.74, 6) is 1.10. The van der Waals surface area contributed by atoms with E-state index in [1.165, 1.54) is 10.9 Å². The van der Waals surface area contributed by atoms with Crippen LogP contribution < -0.4 is 10.6 Å². The molecule has 4 rings (SSSR count). The fourth-order valence-electron chi connectivity index (χ4n) is 4.43. The van der Waals surface area contributed by atoms with E-state index in [4.69, 9.17) is 11.6 Å². The number of rotatable bonds is 3. The van der Waals surface area contributed by atoms with Gasteiger partial charge in [0, 0.05) is 67.2 Å². The van der Waals surface area contributed by atoms with Crippen molar-refractivity contribution in [3.8, 4) is 0 Å². The first-order valence-electron chi connectivity index (χ1n) is 9.56. The zero-order valence-corrected chi connectivity index (χ0v) is 19.1. The Kier molecular flexibility index (Phi) is 6.75. The number of nitrogens with zero attached hydrogens (tertiary/aromatic N) is 2. The monoisotopic (exact) mass is 515 g/mol. The van der Waals surface area contributed by atoms with Crippen LogP contribution in [0.15, 0.2) is 29.4 Å². The van der Waals surface area contributed by atoms with Crippen molar-refractivity contribution in [1.82, 2.24) is 20.5 Å². The van der Waals surface area contributed by atoms with Crippen LogP contribution in [0.2, 0.25) is 5.02 Å². The van der Waals surface area contributed by atoms with E-state index in [0.29, 0.717) is 6.42 Å². The van der Waals surface area contributed by atoms with Crippen molar-refractivity contribution in [1.29, 1.82) is 0 Å². The summed E-state index contributed by atoms with van der Waals surface area (Å²) in [5.41, 5.74) is 2.42. The highest BCUT2D eigenvalue weighted by Crippen LogP contribution is 2.36. The van der Waals surface area contributed by atoms with Gasteiger partial charge in [-0.25, -0.2) is 0 Å². The summed E-state index contributed by atoms with van der Waals surface area (Å²) in [6.45, 7) is 3.45. The predicted octanol–water partition coefficient (Wildman–Crippen LogP) is 3.16. The fourth-order valence-corrected chi connectivity index (χ4v) is 4.60. The molecule has 0 radical (unpaired) electrons. The van der Waals surface area contributed by atoms with E-state index in [-0.39, 0.29) is 35.3 Å². The number of nitrogens with one attached hydrogen (secondary N) is 3. The summed E-state index contributed by atoms with van der Waals surface area (Å²) >= 11 is 6.14. The summed E-state index contributed by atoms with van der Waals surface area (Å²) in [7, 11) is 1.83. The van der Waals surface area contributed by atoms with Crippen molar-refractivity contribution < 1.29 is 4.79 Å². The molecule has 6 nitrogen and oxygen atoms in total. The van der Waals surface area contributed by atoms with E-state index in [1.54, 1.807) is 0 Å². The second-order valence-electron chi connectivity index (χ2n) is 7.71. The second-order valence-corrected chi connectivity index (χ2v) is 8.14. The molecule has 2 saturated heterocycles. The van der Waals surface area contributed by atoms with Crippen LogP contribution in [0.4, 0.5) is 0 Å². The Labute approximate surface area is 187 Å². The molecule has 1 atom stereocenters. The number of guanidine groups is 1.